The zero-order chi connectivity index (χ0) is 14.7. The predicted octanol–water partition coefficient (Wildman–Crippen LogP) is 3.77. The first-order valence-corrected chi connectivity index (χ1v) is 9.36. The second-order valence-electron chi connectivity index (χ2n) is 5.74. The van der Waals surface area contributed by atoms with Gasteiger partial charge in [-0.3, -0.25) is 4.79 Å². The van der Waals surface area contributed by atoms with Crippen molar-refractivity contribution in [2.45, 2.75) is 69.5 Å². The van der Waals surface area contributed by atoms with E-state index in [4.69, 9.17) is 4.74 Å². The maximum atomic E-state index is 11.2. The average molecular weight is 301 g/mol. The number of rotatable bonds is 10. The van der Waals surface area contributed by atoms with Crippen LogP contribution in [0, 0.1) is 0 Å². The molecule has 0 amide bonds. The summed E-state index contributed by atoms with van der Waals surface area (Å²) >= 11 is 2.05. The van der Waals surface area contributed by atoms with Crippen molar-refractivity contribution in [2.24, 2.45) is 0 Å². The van der Waals surface area contributed by atoms with E-state index in [2.05, 4.69) is 11.6 Å². The normalized spacial score (nSPS) is 17.9. The standard InChI is InChI=1S/C16H31NO2S/c1-3-19-15(18)10-6-4-9-13-17-14-16(20-2)11-7-5-8-12-16/h17H,3-14H2,1-2H3. The van der Waals surface area contributed by atoms with Crippen molar-refractivity contribution >= 4 is 17.7 Å². The quantitative estimate of drug-likeness (QED) is 0.492. The van der Waals surface area contributed by atoms with E-state index in [1.54, 1.807) is 0 Å². The van der Waals surface area contributed by atoms with Crippen LogP contribution in [-0.4, -0.2) is 36.7 Å². The number of hydrogen-bond acceptors (Lipinski definition) is 4. The average Bonchev–Trinajstić information content (AvgIpc) is 2.47. The van der Waals surface area contributed by atoms with Crippen LogP contribution in [0.15, 0.2) is 0 Å². The van der Waals surface area contributed by atoms with Crippen molar-refractivity contribution in [3.05, 3.63) is 0 Å². The van der Waals surface area contributed by atoms with E-state index in [-0.39, 0.29) is 5.97 Å². The Labute approximate surface area is 128 Å². The minimum Gasteiger partial charge on any atom is -0.466 e. The number of thioether (sulfide) groups is 1. The van der Waals surface area contributed by atoms with Gasteiger partial charge in [0.1, 0.15) is 0 Å². The Morgan fingerprint density at radius 3 is 2.60 bits per heavy atom. The molecule has 118 valence electrons. The molecule has 0 aliphatic heterocycles. The van der Waals surface area contributed by atoms with E-state index in [1.807, 2.05) is 18.7 Å². The van der Waals surface area contributed by atoms with Gasteiger partial charge in [0, 0.05) is 17.7 Å². The van der Waals surface area contributed by atoms with Gasteiger partial charge in [-0.05, 0) is 45.4 Å². The van der Waals surface area contributed by atoms with Gasteiger partial charge in [0.15, 0.2) is 0 Å². The Balaban J connectivity index is 1.99. The maximum absolute atomic E-state index is 11.2. The van der Waals surface area contributed by atoms with Crippen molar-refractivity contribution in [3.63, 3.8) is 0 Å². The SMILES string of the molecule is CCOC(=O)CCCCCNCC1(SC)CCCCC1. The molecule has 1 aliphatic carbocycles. The van der Waals surface area contributed by atoms with E-state index in [9.17, 15) is 4.79 Å². The van der Waals surface area contributed by atoms with Gasteiger partial charge in [-0.15, -0.1) is 0 Å². The molecule has 0 bridgehead atoms. The summed E-state index contributed by atoms with van der Waals surface area (Å²) < 4.78 is 5.41. The lowest BCUT2D eigenvalue weighted by Gasteiger charge is -2.36. The Kier molecular flexibility index (Phi) is 9.36. The van der Waals surface area contributed by atoms with Crippen LogP contribution in [0.5, 0.6) is 0 Å². The molecule has 1 fully saturated rings. The molecule has 1 aliphatic rings. The Hall–Kier alpha value is -0.220. The third kappa shape index (κ3) is 6.98. The van der Waals surface area contributed by atoms with Crippen LogP contribution in [-0.2, 0) is 9.53 Å². The van der Waals surface area contributed by atoms with Gasteiger partial charge in [0.25, 0.3) is 0 Å². The molecule has 1 N–H and O–H groups in total. The minimum absolute atomic E-state index is 0.0519. The topological polar surface area (TPSA) is 38.3 Å². The second kappa shape index (κ2) is 10.5. The van der Waals surface area contributed by atoms with Gasteiger partial charge in [-0.25, -0.2) is 0 Å². The molecule has 20 heavy (non-hydrogen) atoms. The van der Waals surface area contributed by atoms with E-state index in [0.29, 0.717) is 17.8 Å². The molecule has 0 unspecified atom stereocenters. The highest BCUT2D eigenvalue weighted by Gasteiger charge is 2.30. The van der Waals surface area contributed by atoms with Crippen molar-refractivity contribution in [1.82, 2.24) is 5.32 Å². The monoisotopic (exact) mass is 301 g/mol. The first kappa shape index (κ1) is 17.8. The van der Waals surface area contributed by atoms with Gasteiger partial charge < -0.3 is 10.1 Å². The summed E-state index contributed by atoms with van der Waals surface area (Å²) in [5.74, 6) is -0.0519. The number of carbonyl (C=O) groups excluding carboxylic acids is 1. The van der Waals surface area contributed by atoms with Gasteiger partial charge in [-0.1, -0.05) is 25.7 Å². The molecular weight excluding hydrogens is 270 g/mol. The van der Waals surface area contributed by atoms with Crippen LogP contribution in [0.3, 0.4) is 0 Å². The maximum Gasteiger partial charge on any atom is 0.305 e. The lowest BCUT2D eigenvalue weighted by molar-refractivity contribution is -0.143. The van der Waals surface area contributed by atoms with Gasteiger partial charge >= 0.3 is 5.97 Å². The van der Waals surface area contributed by atoms with Crippen molar-refractivity contribution < 1.29 is 9.53 Å². The molecule has 0 spiro atoms. The molecule has 0 heterocycles. The Morgan fingerprint density at radius 2 is 1.95 bits per heavy atom. The molecule has 1 rings (SSSR count). The predicted molar refractivity (Wildman–Crippen MR) is 87.3 cm³/mol. The number of nitrogens with one attached hydrogen (secondary N) is 1. The first-order valence-electron chi connectivity index (χ1n) is 8.14. The van der Waals surface area contributed by atoms with Crippen LogP contribution >= 0.6 is 11.8 Å². The van der Waals surface area contributed by atoms with Crippen LogP contribution < -0.4 is 5.32 Å². The molecule has 1 saturated carbocycles. The van der Waals surface area contributed by atoms with Gasteiger partial charge in [0.05, 0.1) is 6.61 Å². The fraction of sp³-hybridized carbons (Fsp3) is 0.938. The lowest BCUT2D eigenvalue weighted by Crippen LogP contribution is -2.39. The highest BCUT2D eigenvalue weighted by Crippen LogP contribution is 2.37. The van der Waals surface area contributed by atoms with Crippen LogP contribution in [0.25, 0.3) is 0 Å². The Morgan fingerprint density at radius 1 is 1.20 bits per heavy atom. The van der Waals surface area contributed by atoms with Crippen LogP contribution in [0.1, 0.15) is 64.7 Å². The molecule has 0 aromatic heterocycles. The summed E-state index contributed by atoms with van der Waals surface area (Å²) in [6.45, 7) is 4.57. The van der Waals surface area contributed by atoms with Crippen molar-refractivity contribution in [3.8, 4) is 0 Å². The lowest BCUT2D eigenvalue weighted by atomic mass is 9.88. The fourth-order valence-electron chi connectivity index (χ4n) is 2.89. The smallest absolute Gasteiger partial charge is 0.305 e. The molecule has 3 nitrogen and oxygen atoms in total. The fourth-order valence-corrected chi connectivity index (χ4v) is 3.84. The van der Waals surface area contributed by atoms with E-state index in [0.717, 1.165) is 32.4 Å². The largest absolute Gasteiger partial charge is 0.466 e. The van der Waals surface area contributed by atoms with Crippen LogP contribution in [0.2, 0.25) is 0 Å². The van der Waals surface area contributed by atoms with E-state index >= 15 is 0 Å². The molecule has 0 radical (unpaired) electrons. The molecular formula is C16H31NO2S. The molecule has 0 atom stereocenters. The van der Waals surface area contributed by atoms with E-state index < -0.39 is 0 Å². The highest BCUT2D eigenvalue weighted by molar-refractivity contribution is 8.00. The van der Waals surface area contributed by atoms with Crippen LogP contribution in [0.4, 0.5) is 0 Å². The second-order valence-corrected chi connectivity index (χ2v) is 7.01. The number of ether oxygens (including phenoxy) is 1. The third-order valence-electron chi connectivity index (χ3n) is 4.18. The summed E-state index contributed by atoms with van der Waals surface area (Å²) in [6, 6.07) is 0. The number of carbonyl (C=O) groups is 1. The van der Waals surface area contributed by atoms with Crippen molar-refractivity contribution in [1.29, 1.82) is 0 Å². The summed E-state index contributed by atoms with van der Waals surface area (Å²) in [6.07, 6.45) is 13.0. The summed E-state index contributed by atoms with van der Waals surface area (Å²) in [5, 5.41) is 3.62. The number of esters is 1. The van der Waals surface area contributed by atoms with Gasteiger partial charge in [0.2, 0.25) is 0 Å². The summed E-state index contributed by atoms with van der Waals surface area (Å²) in [4.78, 5) is 11.2. The molecule has 4 heteroatoms. The number of unbranched alkanes of at least 4 members (excludes halogenated alkanes) is 2. The summed E-state index contributed by atoms with van der Waals surface area (Å²) in [5.41, 5.74) is 0. The van der Waals surface area contributed by atoms with E-state index in [1.165, 1.54) is 32.1 Å². The summed E-state index contributed by atoms with van der Waals surface area (Å²) in [7, 11) is 0. The highest BCUT2D eigenvalue weighted by atomic mass is 32.2. The Bertz CT molecular complexity index is 265. The minimum atomic E-state index is -0.0519. The first-order chi connectivity index (χ1) is 9.72. The zero-order valence-corrected chi connectivity index (χ0v) is 14.0. The number of hydrogen-bond donors (Lipinski definition) is 1. The van der Waals surface area contributed by atoms with Gasteiger partial charge in [-0.2, -0.15) is 11.8 Å². The van der Waals surface area contributed by atoms with Crippen molar-refractivity contribution in [2.75, 3.05) is 26.0 Å². The zero-order valence-electron chi connectivity index (χ0n) is 13.2. The molecule has 0 saturated heterocycles. The molecule has 0 aromatic carbocycles. The molecule has 0 aromatic rings. The third-order valence-corrected chi connectivity index (χ3v) is 5.60.